The molecule has 0 radical (unpaired) electrons. The maximum Gasteiger partial charge on any atom is 0.104 e. The van der Waals surface area contributed by atoms with Crippen LogP contribution >= 0.6 is 11.8 Å². The molecule has 1 aromatic carbocycles. The summed E-state index contributed by atoms with van der Waals surface area (Å²) in [6, 6.07) is 8.40. The molecule has 0 saturated carbocycles. The molecule has 0 aliphatic carbocycles. The maximum absolute atomic E-state index is 5.70. The molecule has 0 spiro atoms. The normalized spacial score (nSPS) is 11.7. The van der Waals surface area contributed by atoms with E-state index in [4.69, 9.17) is 5.73 Å². The number of nitrogens with two attached hydrogens (primary N) is 1. The molecule has 0 aliphatic rings. The number of aryl methyl sites for hydroxylation is 1. The van der Waals surface area contributed by atoms with E-state index < -0.39 is 0 Å². The SMILES string of the molecule is CCN=C(N)CSc1cccc(C)c1. The molecule has 0 amide bonds. The molecule has 2 nitrogen and oxygen atoms in total. The molecule has 0 aliphatic heterocycles. The number of rotatable bonds is 4. The zero-order chi connectivity index (χ0) is 10.4. The van der Waals surface area contributed by atoms with Gasteiger partial charge in [-0.3, -0.25) is 4.99 Å². The van der Waals surface area contributed by atoms with Gasteiger partial charge in [0.2, 0.25) is 0 Å². The molecule has 0 aromatic heterocycles. The van der Waals surface area contributed by atoms with Gasteiger partial charge in [0.25, 0.3) is 0 Å². The van der Waals surface area contributed by atoms with Gasteiger partial charge in [-0.1, -0.05) is 17.7 Å². The second-order valence-electron chi connectivity index (χ2n) is 3.07. The van der Waals surface area contributed by atoms with E-state index in [9.17, 15) is 0 Å². The number of thioether (sulfide) groups is 1. The summed E-state index contributed by atoms with van der Waals surface area (Å²) in [5.74, 6) is 1.50. The summed E-state index contributed by atoms with van der Waals surface area (Å²) in [6.45, 7) is 4.85. The molecule has 0 heterocycles. The van der Waals surface area contributed by atoms with Crippen LogP contribution in [-0.4, -0.2) is 18.1 Å². The lowest BCUT2D eigenvalue weighted by Gasteiger charge is -2.02. The smallest absolute Gasteiger partial charge is 0.104 e. The van der Waals surface area contributed by atoms with Gasteiger partial charge in [0, 0.05) is 11.4 Å². The van der Waals surface area contributed by atoms with E-state index in [2.05, 4.69) is 36.2 Å². The van der Waals surface area contributed by atoms with Crippen LogP contribution in [0.2, 0.25) is 0 Å². The van der Waals surface area contributed by atoms with Crippen molar-refractivity contribution in [2.45, 2.75) is 18.7 Å². The highest BCUT2D eigenvalue weighted by Crippen LogP contribution is 2.18. The molecule has 0 unspecified atom stereocenters. The third-order valence-electron chi connectivity index (χ3n) is 1.74. The van der Waals surface area contributed by atoms with E-state index in [1.807, 2.05) is 6.92 Å². The first-order valence-electron chi connectivity index (χ1n) is 4.70. The van der Waals surface area contributed by atoms with E-state index >= 15 is 0 Å². The fourth-order valence-electron chi connectivity index (χ4n) is 1.11. The highest BCUT2D eigenvalue weighted by Gasteiger charge is 1.96. The first kappa shape index (κ1) is 11.1. The molecule has 14 heavy (non-hydrogen) atoms. The molecule has 3 heteroatoms. The Kier molecular flexibility index (Phi) is 4.53. The minimum atomic E-state index is 0.721. The van der Waals surface area contributed by atoms with Crippen LogP contribution in [0.1, 0.15) is 12.5 Å². The minimum absolute atomic E-state index is 0.721. The summed E-state index contributed by atoms with van der Waals surface area (Å²) in [5, 5.41) is 0. The number of amidine groups is 1. The van der Waals surface area contributed by atoms with Crippen LogP contribution in [0.15, 0.2) is 34.2 Å². The lowest BCUT2D eigenvalue weighted by atomic mass is 10.2. The van der Waals surface area contributed by atoms with Crippen LogP contribution in [0.3, 0.4) is 0 Å². The maximum atomic E-state index is 5.70. The van der Waals surface area contributed by atoms with Crippen molar-refractivity contribution in [2.75, 3.05) is 12.3 Å². The lowest BCUT2D eigenvalue weighted by Crippen LogP contribution is -2.14. The van der Waals surface area contributed by atoms with Crippen molar-refractivity contribution in [3.8, 4) is 0 Å². The molecule has 0 atom stereocenters. The molecule has 0 saturated heterocycles. The zero-order valence-electron chi connectivity index (χ0n) is 8.66. The molecule has 0 bridgehead atoms. The predicted molar refractivity (Wildman–Crippen MR) is 64.1 cm³/mol. The average molecular weight is 208 g/mol. The fraction of sp³-hybridized carbons (Fsp3) is 0.364. The van der Waals surface area contributed by atoms with Gasteiger partial charge in [0.05, 0.1) is 5.75 Å². The van der Waals surface area contributed by atoms with Gasteiger partial charge in [-0.2, -0.15) is 0 Å². The quantitative estimate of drug-likeness (QED) is 0.469. The summed E-state index contributed by atoms with van der Waals surface area (Å²) in [7, 11) is 0. The zero-order valence-corrected chi connectivity index (χ0v) is 9.47. The van der Waals surface area contributed by atoms with Crippen LogP contribution in [0.4, 0.5) is 0 Å². The summed E-state index contributed by atoms with van der Waals surface area (Å²) in [6.07, 6.45) is 0. The number of hydrogen-bond donors (Lipinski definition) is 1. The number of benzene rings is 1. The second kappa shape index (κ2) is 5.70. The van der Waals surface area contributed by atoms with Crippen molar-refractivity contribution in [1.29, 1.82) is 0 Å². The molecule has 2 N–H and O–H groups in total. The van der Waals surface area contributed by atoms with Gasteiger partial charge in [-0.05, 0) is 26.0 Å². The van der Waals surface area contributed by atoms with Crippen molar-refractivity contribution in [2.24, 2.45) is 10.7 Å². The minimum Gasteiger partial charge on any atom is -0.387 e. The summed E-state index contributed by atoms with van der Waals surface area (Å²) >= 11 is 1.73. The van der Waals surface area contributed by atoms with E-state index in [-0.39, 0.29) is 0 Å². The summed E-state index contributed by atoms with van der Waals surface area (Å²) < 4.78 is 0. The van der Waals surface area contributed by atoms with E-state index in [0.717, 1.165) is 18.1 Å². The first-order valence-corrected chi connectivity index (χ1v) is 5.69. The number of hydrogen-bond acceptors (Lipinski definition) is 2. The number of nitrogens with zero attached hydrogens (tertiary/aromatic N) is 1. The summed E-state index contributed by atoms with van der Waals surface area (Å²) in [5.41, 5.74) is 6.98. The van der Waals surface area contributed by atoms with E-state index in [1.54, 1.807) is 11.8 Å². The molecule has 0 fully saturated rings. The number of aliphatic imine (C=N–C) groups is 1. The monoisotopic (exact) mass is 208 g/mol. The third-order valence-corrected chi connectivity index (χ3v) is 2.76. The van der Waals surface area contributed by atoms with Crippen LogP contribution in [0.25, 0.3) is 0 Å². The highest BCUT2D eigenvalue weighted by atomic mass is 32.2. The Hall–Kier alpha value is -0.960. The van der Waals surface area contributed by atoms with Crippen molar-refractivity contribution in [3.63, 3.8) is 0 Å². The standard InChI is InChI=1S/C11H16N2S/c1-3-13-11(12)8-14-10-6-4-5-9(2)7-10/h4-7H,3,8H2,1-2H3,(H2,12,13). The van der Waals surface area contributed by atoms with Crippen LogP contribution < -0.4 is 5.73 Å². The predicted octanol–water partition coefficient (Wildman–Crippen LogP) is 2.46. The van der Waals surface area contributed by atoms with Crippen LogP contribution in [0, 0.1) is 6.92 Å². The van der Waals surface area contributed by atoms with Gasteiger partial charge >= 0.3 is 0 Å². The van der Waals surface area contributed by atoms with Crippen molar-refractivity contribution in [1.82, 2.24) is 0 Å². The molecular formula is C11H16N2S. The Bertz CT molecular complexity index is 321. The Balaban J connectivity index is 2.49. The van der Waals surface area contributed by atoms with E-state index in [0.29, 0.717) is 0 Å². The average Bonchev–Trinajstić information content (AvgIpc) is 2.15. The molecular weight excluding hydrogens is 192 g/mol. The van der Waals surface area contributed by atoms with Gasteiger partial charge in [0.1, 0.15) is 5.84 Å². The van der Waals surface area contributed by atoms with Gasteiger partial charge in [-0.25, -0.2) is 0 Å². The molecule has 1 aromatic rings. The Morgan fingerprint density at radius 1 is 1.50 bits per heavy atom. The lowest BCUT2D eigenvalue weighted by molar-refractivity contribution is 1.12. The first-order chi connectivity index (χ1) is 6.72. The Morgan fingerprint density at radius 3 is 2.93 bits per heavy atom. The third kappa shape index (κ3) is 3.83. The summed E-state index contributed by atoms with van der Waals surface area (Å²) in [4.78, 5) is 5.38. The second-order valence-corrected chi connectivity index (χ2v) is 4.12. The Morgan fingerprint density at radius 2 is 2.29 bits per heavy atom. The van der Waals surface area contributed by atoms with E-state index in [1.165, 1.54) is 10.5 Å². The van der Waals surface area contributed by atoms with Gasteiger partial charge in [-0.15, -0.1) is 11.8 Å². The van der Waals surface area contributed by atoms with Gasteiger partial charge < -0.3 is 5.73 Å². The Labute approximate surface area is 89.6 Å². The van der Waals surface area contributed by atoms with Crippen molar-refractivity contribution in [3.05, 3.63) is 29.8 Å². The van der Waals surface area contributed by atoms with Gasteiger partial charge in [0.15, 0.2) is 0 Å². The highest BCUT2D eigenvalue weighted by molar-refractivity contribution is 8.00. The van der Waals surface area contributed by atoms with Crippen LogP contribution in [0.5, 0.6) is 0 Å². The molecule has 76 valence electrons. The largest absolute Gasteiger partial charge is 0.387 e. The fourth-order valence-corrected chi connectivity index (χ4v) is 1.96. The van der Waals surface area contributed by atoms with Crippen molar-refractivity contribution < 1.29 is 0 Å². The topological polar surface area (TPSA) is 38.4 Å². The van der Waals surface area contributed by atoms with Crippen molar-refractivity contribution >= 4 is 17.6 Å². The van der Waals surface area contributed by atoms with Crippen LogP contribution in [-0.2, 0) is 0 Å². The molecule has 1 rings (SSSR count).